The Morgan fingerprint density at radius 1 is 0.857 bits per heavy atom. The molecule has 0 aromatic heterocycles. The van der Waals surface area contributed by atoms with Crippen molar-refractivity contribution in [2.75, 3.05) is 26.2 Å². The predicted molar refractivity (Wildman–Crippen MR) is 28.9 cm³/mol. The molecular weight excluding hydrogens is 195 g/mol. The number of nitrogens with zero attached hydrogens (tertiary/aromatic N) is 2. The van der Waals surface area contributed by atoms with Crippen molar-refractivity contribution in [3.8, 4) is 0 Å². The van der Waals surface area contributed by atoms with Gasteiger partial charge in [-0.3, -0.25) is 0 Å². The van der Waals surface area contributed by atoms with Crippen molar-refractivity contribution in [2.24, 2.45) is 0 Å². The molecule has 7 heavy (non-hydrogen) atoms. The van der Waals surface area contributed by atoms with E-state index in [-0.39, 0.29) is 21.7 Å². The molecule has 2 aliphatic heterocycles. The zero-order valence-corrected chi connectivity index (χ0v) is 7.08. The molecule has 38 valence electrons. The van der Waals surface area contributed by atoms with E-state index >= 15 is 0 Å². The van der Waals surface area contributed by atoms with Gasteiger partial charge < -0.3 is 0 Å². The predicted octanol–water partition coefficient (Wildman–Crippen LogP) is -0.848. The van der Waals surface area contributed by atoms with Gasteiger partial charge in [-0.2, -0.15) is 0 Å². The van der Waals surface area contributed by atoms with Gasteiger partial charge in [-0.15, -0.1) is 0 Å². The molecule has 0 spiro atoms. The molecule has 0 aliphatic carbocycles. The SMILES string of the molecule is C1C[N]1[Sn][N]1CC1. The summed E-state index contributed by atoms with van der Waals surface area (Å²) in [4.78, 5) is 0. The van der Waals surface area contributed by atoms with Gasteiger partial charge >= 0.3 is 54.1 Å². The van der Waals surface area contributed by atoms with Crippen LogP contribution in [0.1, 0.15) is 0 Å². The van der Waals surface area contributed by atoms with Crippen molar-refractivity contribution in [3.05, 3.63) is 0 Å². The molecule has 2 aliphatic rings. The van der Waals surface area contributed by atoms with Gasteiger partial charge in [0.15, 0.2) is 0 Å². The number of rotatable bonds is 2. The molecule has 0 aromatic rings. The van der Waals surface area contributed by atoms with E-state index in [1.807, 2.05) is 0 Å². The summed E-state index contributed by atoms with van der Waals surface area (Å²) in [6.45, 7) is 5.68. The Balaban J connectivity index is 1.69. The molecular formula is C4H8N2Sn. The monoisotopic (exact) mass is 204 g/mol. The topological polar surface area (TPSA) is 6.02 Å². The first kappa shape index (κ1) is 4.58. The van der Waals surface area contributed by atoms with Crippen LogP contribution in [-0.4, -0.2) is 54.1 Å². The van der Waals surface area contributed by atoms with E-state index in [1.54, 1.807) is 0 Å². The standard InChI is InChI=1S/2C2H4N.Sn/c2*1-2-3-1;/h2*1-2H2;/q2*-1;+2. The van der Waals surface area contributed by atoms with Crippen molar-refractivity contribution in [3.63, 3.8) is 0 Å². The van der Waals surface area contributed by atoms with Crippen LogP contribution in [0.25, 0.3) is 0 Å². The summed E-state index contributed by atoms with van der Waals surface area (Å²) in [5.74, 6) is 0. The molecule has 2 fully saturated rings. The quantitative estimate of drug-likeness (QED) is 0.425. The van der Waals surface area contributed by atoms with Gasteiger partial charge in [-0.25, -0.2) is 0 Å². The van der Waals surface area contributed by atoms with Crippen LogP contribution in [0.2, 0.25) is 0 Å². The van der Waals surface area contributed by atoms with Crippen LogP contribution >= 0.6 is 0 Å². The van der Waals surface area contributed by atoms with Gasteiger partial charge in [0.25, 0.3) is 0 Å². The first-order chi connectivity index (χ1) is 3.45. The number of hydrogen-bond donors (Lipinski definition) is 0. The van der Waals surface area contributed by atoms with E-state index in [2.05, 4.69) is 6.24 Å². The molecule has 0 amide bonds. The summed E-state index contributed by atoms with van der Waals surface area (Å²) >= 11 is -0.0722. The fourth-order valence-corrected chi connectivity index (χ4v) is 3.35. The molecule has 2 radical (unpaired) electrons. The molecule has 3 heteroatoms. The fraction of sp³-hybridized carbons (Fsp3) is 1.00. The van der Waals surface area contributed by atoms with Gasteiger partial charge in [0.05, 0.1) is 0 Å². The van der Waals surface area contributed by atoms with Gasteiger partial charge in [-0.1, -0.05) is 0 Å². The van der Waals surface area contributed by atoms with Crippen LogP contribution in [-0.2, 0) is 0 Å². The summed E-state index contributed by atoms with van der Waals surface area (Å²) in [5.41, 5.74) is 0. The summed E-state index contributed by atoms with van der Waals surface area (Å²) in [6.07, 6.45) is 0. The van der Waals surface area contributed by atoms with Crippen molar-refractivity contribution in [1.29, 1.82) is 0 Å². The maximum absolute atomic E-state index is 2.61. The average Bonchev–Trinajstić information content (AvgIpc) is 2.33. The third kappa shape index (κ3) is 1.30. The molecule has 2 nitrogen and oxygen atoms in total. The molecule has 0 bridgehead atoms. The van der Waals surface area contributed by atoms with E-state index < -0.39 is 0 Å². The van der Waals surface area contributed by atoms with E-state index in [0.717, 1.165) is 0 Å². The Labute approximate surface area is 54.4 Å². The minimum atomic E-state index is -0.0722. The van der Waals surface area contributed by atoms with E-state index in [4.69, 9.17) is 0 Å². The van der Waals surface area contributed by atoms with Crippen LogP contribution in [0.3, 0.4) is 0 Å². The summed E-state index contributed by atoms with van der Waals surface area (Å²) < 4.78 is 5.22. The molecule has 0 saturated carbocycles. The Morgan fingerprint density at radius 2 is 1.29 bits per heavy atom. The second kappa shape index (κ2) is 1.60. The van der Waals surface area contributed by atoms with Crippen LogP contribution in [0.5, 0.6) is 0 Å². The van der Waals surface area contributed by atoms with E-state index in [0.29, 0.717) is 0 Å². The zero-order chi connectivity index (χ0) is 4.69. The van der Waals surface area contributed by atoms with Gasteiger partial charge in [-0.05, 0) is 0 Å². The molecule has 0 unspecified atom stereocenters. The first-order valence-electron chi connectivity index (χ1n) is 2.71. The molecule has 2 saturated heterocycles. The Hall–Kier alpha value is 0.719. The summed E-state index contributed by atoms with van der Waals surface area (Å²) in [5, 5.41) is 0. The maximum atomic E-state index is 2.61. The Morgan fingerprint density at radius 3 is 1.57 bits per heavy atom. The molecule has 2 heterocycles. The number of hydrogen-bond acceptors (Lipinski definition) is 2. The summed E-state index contributed by atoms with van der Waals surface area (Å²) in [7, 11) is 0. The summed E-state index contributed by atoms with van der Waals surface area (Å²) in [6, 6.07) is 0. The Kier molecular flexibility index (Phi) is 1.05. The van der Waals surface area contributed by atoms with E-state index in [1.165, 1.54) is 26.2 Å². The fourth-order valence-electron chi connectivity index (χ4n) is 0.500. The van der Waals surface area contributed by atoms with Crippen molar-refractivity contribution in [2.45, 2.75) is 0 Å². The van der Waals surface area contributed by atoms with Crippen LogP contribution in [0.15, 0.2) is 0 Å². The molecule has 0 atom stereocenters. The van der Waals surface area contributed by atoms with E-state index in [9.17, 15) is 0 Å². The zero-order valence-electron chi connectivity index (χ0n) is 4.22. The second-order valence-corrected chi connectivity index (χ2v) is 6.26. The van der Waals surface area contributed by atoms with Crippen LogP contribution < -0.4 is 0 Å². The Bertz CT molecular complexity index is 67.8. The van der Waals surface area contributed by atoms with Crippen molar-refractivity contribution >= 4 is 21.7 Å². The third-order valence-corrected chi connectivity index (χ3v) is 5.34. The van der Waals surface area contributed by atoms with Gasteiger partial charge in [0.1, 0.15) is 0 Å². The second-order valence-electron chi connectivity index (χ2n) is 2.07. The minimum absolute atomic E-state index is 0.0722. The molecule has 0 aromatic carbocycles. The molecule has 2 rings (SSSR count). The normalized spacial score (nSPS) is 30.9. The van der Waals surface area contributed by atoms with Gasteiger partial charge in [0, 0.05) is 0 Å². The van der Waals surface area contributed by atoms with Gasteiger partial charge in [0.2, 0.25) is 0 Å². The van der Waals surface area contributed by atoms with Crippen molar-refractivity contribution in [1.82, 2.24) is 6.24 Å². The first-order valence-corrected chi connectivity index (χ1v) is 5.26. The van der Waals surface area contributed by atoms with Crippen LogP contribution in [0.4, 0.5) is 0 Å². The average molecular weight is 203 g/mol. The van der Waals surface area contributed by atoms with Crippen molar-refractivity contribution < 1.29 is 0 Å². The molecule has 0 N–H and O–H groups in total. The van der Waals surface area contributed by atoms with Crippen LogP contribution in [0, 0.1) is 0 Å². The third-order valence-electron chi connectivity index (χ3n) is 1.18.